The zero-order chi connectivity index (χ0) is 15.4. The van der Waals surface area contributed by atoms with Crippen LogP contribution in [0.1, 0.15) is 0 Å². The fraction of sp³-hybridized carbons (Fsp3) is 0.286. The molecule has 0 unspecified atom stereocenters. The number of hydrogen-bond donors (Lipinski definition) is 1. The molecule has 1 aliphatic heterocycles. The average molecular weight is 363 g/mol. The molecule has 8 heteroatoms. The van der Waals surface area contributed by atoms with E-state index in [1.54, 1.807) is 11.1 Å². The normalized spacial score (nSPS) is 14.8. The molecule has 1 amide bonds. The minimum atomic E-state index is 0.575. The third-order valence-corrected chi connectivity index (χ3v) is 3.88. The minimum absolute atomic E-state index is 0.575. The van der Waals surface area contributed by atoms with Crippen LogP contribution in [0.25, 0.3) is 0 Å². The van der Waals surface area contributed by atoms with Gasteiger partial charge in [0.25, 0.3) is 0 Å². The summed E-state index contributed by atoms with van der Waals surface area (Å²) < 4.78 is 0.990. The van der Waals surface area contributed by atoms with E-state index in [9.17, 15) is 4.79 Å². The number of halogens is 1. The lowest BCUT2D eigenvalue weighted by atomic mass is 10.3. The lowest BCUT2D eigenvalue weighted by molar-refractivity contribution is -0.118. The van der Waals surface area contributed by atoms with Gasteiger partial charge in [-0.1, -0.05) is 22.0 Å². The number of carbonyl (C=O) groups is 1. The second-order valence-electron chi connectivity index (χ2n) is 4.91. The highest BCUT2D eigenvalue weighted by atomic mass is 79.9. The van der Waals surface area contributed by atoms with E-state index in [0.717, 1.165) is 16.6 Å². The third-order valence-electron chi connectivity index (χ3n) is 3.39. The summed E-state index contributed by atoms with van der Waals surface area (Å²) in [6, 6.07) is 7.82. The van der Waals surface area contributed by atoms with E-state index in [1.165, 1.54) is 0 Å². The summed E-state index contributed by atoms with van der Waals surface area (Å²) in [5.74, 6) is 1.21. The maximum Gasteiger partial charge on any atom is 0.247 e. The van der Waals surface area contributed by atoms with Crippen molar-refractivity contribution in [1.82, 2.24) is 20.1 Å². The van der Waals surface area contributed by atoms with Crippen molar-refractivity contribution in [2.75, 3.05) is 36.4 Å². The first kappa shape index (κ1) is 14.7. The Balaban J connectivity index is 1.71. The molecule has 7 nitrogen and oxygen atoms in total. The smallest absolute Gasteiger partial charge is 0.247 e. The number of nitrogens with one attached hydrogen (secondary N) is 1. The van der Waals surface area contributed by atoms with Crippen molar-refractivity contribution in [3.05, 3.63) is 34.9 Å². The second kappa shape index (κ2) is 6.69. The molecule has 0 spiro atoms. The molecule has 1 saturated heterocycles. The number of rotatable bonds is 4. The molecule has 22 heavy (non-hydrogen) atoms. The van der Waals surface area contributed by atoms with Crippen LogP contribution in [-0.4, -0.2) is 52.7 Å². The molecule has 1 fully saturated rings. The van der Waals surface area contributed by atoms with Crippen molar-refractivity contribution in [1.29, 1.82) is 0 Å². The average Bonchev–Trinajstić information content (AvgIpc) is 2.55. The molecule has 2 heterocycles. The predicted octanol–water partition coefficient (Wildman–Crippen LogP) is 1.66. The van der Waals surface area contributed by atoms with Crippen LogP contribution in [0.3, 0.4) is 0 Å². The van der Waals surface area contributed by atoms with Crippen molar-refractivity contribution in [2.45, 2.75) is 0 Å². The summed E-state index contributed by atoms with van der Waals surface area (Å²) >= 11 is 3.44. The fourth-order valence-electron chi connectivity index (χ4n) is 2.23. The fourth-order valence-corrected chi connectivity index (χ4v) is 2.63. The summed E-state index contributed by atoms with van der Waals surface area (Å²) in [6.07, 6.45) is 2.47. The SMILES string of the molecule is O=CN1CCN(c2nncc(Nc3cccc(Br)c3)n2)CC1. The Labute approximate surface area is 136 Å². The number of anilines is 3. The van der Waals surface area contributed by atoms with Gasteiger partial charge in [-0.15, -0.1) is 5.10 Å². The first-order valence-corrected chi connectivity index (χ1v) is 7.70. The molecule has 1 aromatic carbocycles. The Kier molecular flexibility index (Phi) is 4.47. The highest BCUT2D eigenvalue weighted by molar-refractivity contribution is 9.10. The Hall–Kier alpha value is -2.22. The molecule has 0 atom stereocenters. The monoisotopic (exact) mass is 362 g/mol. The molecule has 0 bridgehead atoms. The van der Waals surface area contributed by atoms with Crippen molar-refractivity contribution in [3.63, 3.8) is 0 Å². The van der Waals surface area contributed by atoms with Gasteiger partial charge in [0.05, 0.1) is 6.20 Å². The first-order valence-electron chi connectivity index (χ1n) is 6.91. The lowest BCUT2D eigenvalue weighted by Gasteiger charge is -2.32. The van der Waals surface area contributed by atoms with Gasteiger partial charge in [0.1, 0.15) is 0 Å². The summed E-state index contributed by atoms with van der Waals surface area (Å²) in [4.78, 5) is 19.0. The van der Waals surface area contributed by atoms with Crippen molar-refractivity contribution >= 4 is 39.8 Å². The van der Waals surface area contributed by atoms with E-state index >= 15 is 0 Å². The largest absolute Gasteiger partial charge is 0.342 e. The van der Waals surface area contributed by atoms with Crippen LogP contribution in [-0.2, 0) is 4.79 Å². The molecule has 1 N–H and O–H groups in total. The standard InChI is InChI=1S/C14H15BrN6O/c15-11-2-1-3-12(8-11)17-13-9-16-19-14(18-13)21-6-4-20(10-22)5-7-21/h1-3,8-10H,4-7H2,(H,17,18,19). The Bertz CT molecular complexity index is 659. The third kappa shape index (κ3) is 3.51. The first-order chi connectivity index (χ1) is 10.7. The van der Waals surface area contributed by atoms with E-state index in [0.29, 0.717) is 37.9 Å². The van der Waals surface area contributed by atoms with Crippen LogP contribution in [0.5, 0.6) is 0 Å². The van der Waals surface area contributed by atoms with Crippen LogP contribution in [0.2, 0.25) is 0 Å². The van der Waals surface area contributed by atoms with Gasteiger partial charge in [0.15, 0.2) is 5.82 Å². The maximum atomic E-state index is 10.7. The van der Waals surface area contributed by atoms with Crippen molar-refractivity contribution < 1.29 is 4.79 Å². The van der Waals surface area contributed by atoms with Crippen LogP contribution in [0.15, 0.2) is 34.9 Å². The Morgan fingerprint density at radius 2 is 2.05 bits per heavy atom. The van der Waals surface area contributed by atoms with E-state index in [4.69, 9.17) is 0 Å². The van der Waals surface area contributed by atoms with Gasteiger partial charge in [-0.3, -0.25) is 4.79 Å². The number of benzene rings is 1. The molecule has 0 saturated carbocycles. The molecule has 3 rings (SSSR count). The quantitative estimate of drug-likeness (QED) is 0.833. The van der Waals surface area contributed by atoms with Gasteiger partial charge >= 0.3 is 0 Å². The highest BCUT2D eigenvalue weighted by Gasteiger charge is 2.18. The predicted molar refractivity (Wildman–Crippen MR) is 87.1 cm³/mol. The van der Waals surface area contributed by atoms with E-state index in [2.05, 4.69) is 36.4 Å². The second-order valence-corrected chi connectivity index (χ2v) is 5.82. The molecular weight excluding hydrogens is 348 g/mol. The van der Waals surface area contributed by atoms with Gasteiger partial charge in [0.2, 0.25) is 12.4 Å². The molecule has 1 aromatic heterocycles. The zero-order valence-corrected chi connectivity index (χ0v) is 13.4. The Morgan fingerprint density at radius 1 is 1.23 bits per heavy atom. The van der Waals surface area contributed by atoms with Crippen LogP contribution >= 0.6 is 15.9 Å². The van der Waals surface area contributed by atoms with Crippen molar-refractivity contribution in [2.24, 2.45) is 0 Å². The van der Waals surface area contributed by atoms with Crippen LogP contribution < -0.4 is 10.2 Å². The van der Waals surface area contributed by atoms with Crippen LogP contribution in [0, 0.1) is 0 Å². The van der Waals surface area contributed by atoms with Gasteiger partial charge < -0.3 is 15.1 Å². The maximum absolute atomic E-state index is 10.7. The zero-order valence-electron chi connectivity index (χ0n) is 11.8. The molecule has 114 valence electrons. The molecule has 0 radical (unpaired) electrons. The minimum Gasteiger partial charge on any atom is -0.342 e. The Morgan fingerprint density at radius 3 is 2.77 bits per heavy atom. The van der Waals surface area contributed by atoms with E-state index in [1.807, 2.05) is 29.2 Å². The molecule has 1 aliphatic rings. The number of aromatic nitrogens is 3. The summed E-state index contributed by atoms with van der Waals surface area (Å²) in [6.45, 7) is 2.77. The lowest BCUT2D eigenvalue weighted by Crippen LogP contribution is -2.46. The van der Waals surface area contributed by atoms with Crippen LogP contribution in [0.4, 0.5) is 17.5 Å². The topological polar surface area (TPSA) is 74.2 Å². The number of piperazine rings is 1. The number of hydrogen-bond acceptors (Lipinski definition) is 6. The van der Waals surface area contributed by atoms with Gasteiger partial charge in [-0.25, -0.2) is 0 Å². The molecule has 2 aromatic rings. The molecule has 0 aliphatic carbocycles. The molecular formula is C14H15BrN6O. The van der Waals surface area contributed by atoms with Gasteiger partial charge in [-0.2, -0.15) is 10.1 Å². The number of carbonyl (C=O) groups excluding carboxylic acids is 1. The summed E-state index contributed by atoms with van der Waals surface area (Å²) in [7, 11) is 0. The number of nitrogens with zero attached hydrogens (tertiary/aromatic N) is 5. The summed E-state index contributed by atoms with van der Waals surface area (Å²) in [5, 5.41) is 11.3. The van der Waals surface area contributed by atoms with Gasteiger partial charge in [0, 0.05) is 36.3 Å². The van der Waals surface area contributed by atoms with E-state index < -0.39 is 0 Å². The summed E-state index contributed by atoms with van der Waals surface area (Å²) in [5.41, 5.74) is 0.923. The van der Waals surface area contributed by atoms with E-state index in [-0.39, 0.29) is 0 Å². The number of amides is 1. The highest BCUT2D eigenvalue weighted by Crippen LogP contribution is 2.20. The van der Waals surface area contributed by atoms with Gasteiger partial charge in [-0.05, 0) is 18.2 Å². The van der Waals surface area contributed by atoms with Crippen molar-refractivity contribution in [3.8, 4) is 0 Å².